The lowest BCUT2D eigenvalue weighted by Crippen LogP contribution is -2.81. The highest BCUT2D eigenvalue weighted by Crippen LogP contribution is 2.73. The van der Waals surface area contributed by atoms with E-state index in [2.05, 4.69) is 46.6 Å². The number of piperidine rings is 1. The molecule has 6 heteroatoms. The second kappa shape index (κ2) is 8.34. The Kier molecular flexibility index (Phi) is 5.13. The molecule has 2 saturated carbocycles. The van der Waals surface area contributed by atoms with Crippen molar-refractivity contribution < 1.29 is 19.7 Å². The Morgan fingerprint density at radius 1 is 1.10 bits per heavy atom. The van der Waals surface area contributed by atoms with Gasteiger partial charge < -0.3 is 20.3 Å². The zero-order valence-electron chi connectivity index (χ0n) is 22.4. The fourth-order valence-electron chi connectivity index (χ4n) is 9.17. The number of nitrogens with zero attached hydrogens (tertiary/aromatic N) is 1. The molecule has 39 heavy (non-hydrogen) atoms. The number of hydrogen-bond acceptors (Lipinski definition) is 5. The lowest BCUT2D eigenvalue weighted by molar-refractivity contribution is -0.193. The molecule has 0 radical (unpaired) electrons. The van der Waals surface area contributed by atoms with Crippen LogP contribution in [0, 0.1) is 11.3 Å². The number of aryl methyl sites for hydroxylation is 1. The molecule has 9 rings (SSSR count). The summed E-state index contributed by atoms with van der Waals surface area (Å²) >= 11 is 0. The quantitative estimate of drug-likeness (QED) is 0.358. The summed E-state index contributed by atoms with van der Waals surface area (Å²) in [5, 5.41) is 26.5. The number of aliphatic hydroxyl groups is 1. The number of fused-ring (bicyclic) bond motifs is 1. The van der Waals surface area contributed by atoms with Crippen molar-refractivity contribution in [3.05, 3.63) is 71.3 Å². The Morgan fingerprint density at radius 2 is 1.95 bits per heavy atom. The summed E-state index contributed by atoms with van der Waals surface area (Å²) in [6, 6.07) is 14.1. The number of phenolic OH excluding ortho intramolecular Hbond substituents is 1. The maximum absolute atomic E-state index is 13.2. The first-order valence-corrected chi connectivity index (χ1v) is 15.0. The topological polar surface area (TPSA) is 82.0 Å². The third kappa shape index (κ3) is 3.25. The molecule has 6 nitrogen and oxygen atoms in total. The SMILES string of the molecule is O=C(CCCCc1ccccc1)N[C@H]1C[C@@]23C=C[C@]1(O)[C@@H]1Oc4c(O)ccc5c4[C@@]12CCN(CC1CC1)[C@@H]3C5. The van der Waals surface area contributed by atoms with E-state index in [1.54, 1.807) is 6.07 Å². The second-order valence-electron chi connectivity index (χ2n) is 13.1. The summed E-state index contributed by atoms with van der Waals surface area (Å²) in [5.41, 5.74) is 1.75. The Morgan fingerprint density at radius 3 is 2.77 bits per heavy atom. The molecule has 3 N–H and O–H groups in total. The number of rotatable bonds is 8. The zero-order chi connectivity index (χ0) is 26.4. The van der Waals surface area contributed by atoms with Crippen LogP contribution >= 0.6 is 0 Å². The largest absolute Gasteiger partial charge is 0.504 e. The number of hydrogen-bond donors (Lipinski definition) is 3. The molecule has 1 saturated heterocycles. The van der Waals surface area contributed by atoms with Gasteiger partial charge >= 0.3 is 0 Å². The second-order valence-corrected chi connectivity index (χ2v) is 13.1. The first-order chi connectivity index (χ1) is 18.9. The summed E-state index contributed by atoms with van der Waals surface area (Å²) in [4.78, 5) is 15.9. The molecule has 2 aliphatic heterocycles. The average molecular weight is 527 g/mol. The molecule has 2 heterocycles. The number of amides is 1. The minimum absolute atomic E-state index is 0.00254. The number of phenols is 1. The van der Waals surface area contributed by atoms with Crippen LogP contribution in [0.4, 0.5) is 0 Å². The van der Waals surface area contributed by atoms with Gasteiger partial charge in [0.25, 0.3) is 0 Å². The Bertz CT molecular complexity index is 1350. The van der Waals surface area contributed by atoms with Crippen LogP contribution in [0.3, 0.4) is 0 Å². The van der Waals surface area contributed by atoms with Crippen molar-refractivity contribution in [2.45, 2.75) is 87.0 Å². The maximum Gasteiger partial charge on any atom is 0.220 e. The molecule has 0 unspecified atom stereocenters. The Balaban J connectivity index is 1.09. The summed E-state index contributed by atoms with van der Waals surface area (Å²) in [5.74, 6) is 1.52. The van der Waals surface area contributed by atoms with E-state index in [0.29, 0.717) is 24.6 Å². The fourth-order valence-corrected chi connectivity index (χ4v) is 9.17. The van der Waals surface area contributed by atoms with Crippen LogP contribution in [0.15, 0.2) is 54.6 Å². The lowest BCUT2D eigenvalue weighted by Gasteiger charge is -2.70. The van der Waals surface area contributed by atoms with Gasteiger partial charge in [0.2, 0.25) is 5.91 Å². The summed E-state index contributed by atoms with van der Waals surface area (Å²) in [7, 11) is 0. The number of unbranched alkanes of at least 4 members (excludes halogenated alkanes) is 1. The normalized spacial score (nSPS) is 36.9. The first-order valence-electron chi connectivity index (χ1n) is 15.0. The molecule has 5 aliphatic carbocycles. The van der Waals surface area contributed by atoms with E-state index in [0.717, 1.165) is 56.7 Å². The highest BCUT2D eigenvalue weighted by Gasteiger charge is 2.79. The van der Waals surface area contributed by atoms with Gasteiger partial charge in [-0.1, -0.05) is 48.6 Å². The molecule has 0 aromatic heterocycles. The van der Waals surface area contributed by atoms with Crippen LogP contribution in [-0.2, 0) is 23.1 Å². The van der Waals surface area contributed by atoms with Crippen molar-refractivity contribution in [3.63, 3.8) is 0 Å². The van der Waals surface area contributed by atoms with Crippen molar-refractivity contribution in [1.29, 1.82) is 0 Å². The van der Waals surface area contributed by atoms with Gasteiger partial charge in [-0.25, -0.2) is 0 Å². The third-order valence-electron chi connectivity index (χ3n) is 11.1. The van der Waals surface area contributed by atoms with Crippen LogP contribution in [0.2, 0.25) is 0 Å². The smallest absolute Gasteiger partial charge is 0.220 e. The zero-order valence-corrected chi connectivity index (χ0v) is 22.4. The van der Waals surface area contributed by atoms with E-state index < -0.39 is 17.7 Å². The van der Waals surface area contributed by atoms with Gasteiger partial charge in [0.15, 0.2) is 11.5 Å². The third-order valence-corrected chi connectivity index (χ3v) is 11.1. The molecule has 6 atom stereocenters. The molecule has 2 aromatic carbocycles. The van der Waals surface area contributed by atoms with Gasteiger partial charge in [-0.15, -0.1) is 0 Å². The van der Waals surface area contributed by atoms with E-state index in [4.69, 9.17) is 4.74 Å². The predicted octanol–water partition coefficient (Wildman–Crippen LogP) is 4.02. The minimum Gasteiger partial charge on any atom is -0.504 e. The standard InChI is InChI=1S/C33H38N2O4/c36-24-13-12-23-18-26-31-14-15-33(38,25(19-31)34-27(37)9-5-4-8-21-6-2-1-3-7-21)30-32(31,28(23)29(24)39-30)16-17-35(26)20-22-10-11-22/h1-3,6-7,12-15,22,25-26,30,36,38H,4-5,8-11,16-20H2,(H,34,37)/t25-,26+,30+,31+,32-,33+/m0/s1. The monoisotopic (exact) mass is 526 g/mol. The summed E-state index contributed by atoms with van der Waals surface area (Å²) in [6.45, 7) is 2.12. The number of likely N-dealkylation sites (tertiary alicyclic amines) is 1. The van der Waals surface area contributed by atoms with E-state index in [1.165, 1.54) is 24.0 Å². The van der Waals surface area contributed by atoms with Crippen molar-refractivity contribution in [2.24, 2.45) is 11.3 Å². The number of carbonyl (C=O) groups excluding carboxylic acids is 1. The number of nitrogens with one attached hydrogen (secondary N) is 1. The van der Waals surface area contributed by atoms with E-state index in [1.807, 2.05) is 12.1 Å². The molecule has 2 aromatic rings. The van der Waals surface area contributed by atoms with Crippen LogP contribution in [0.1, 0.15) is 61.6 Å². The van der Waals surface area contributed by atoms with E-state index in [9.17, 15) is 15.0 Å². The summed E-state index contributed by atoms with van der Waals surface area (Å²) in [6.07, 6.45) is 12.1. The van der Waals surface area contributed by atoms with Gasteiger partial charge in [0.1, 0.15) is 11.7 Å². The molecule has 1 amide bonds. The molecule has 204 valence electrons. The number of benzene rings is 2. The highest BCUT2D eigenvalue weighted by molar-refractivity contribution is 5.77. The Hall–Kier alpha value is -2.83. The van der Waals surface area contributed by atoms with Gasteiger partial charge in [-0.2, -0.15) is 0 Å². The molecule has 4 bridgehead atoms. The van der Waals surface area contributed by atoms with Crippen molar-refractivity contribution in [2.75, 3.05) is 13.1 Å². The average Bonchev–Trinajstić information content (AvgIpc) is 3.68. The van der Waals surface area contributed by atoms with Crippen LogP contribution in [0.5, 0.6) is 11.5 Å². The van der Waals surface area contributed by atoms with Crippen LogP contribution < -0.4 is 10.1 Å². The fraction of sp³-hybridized carbons (Fsp3) is 0.545. The van der Waals surface area contributed by atoms with Crippen LogP contribution in [0.25, 0.3) is 0 Å². The maximum atomic E-state index is 13.2. The lowest BCUT2D eigenvalue weighted by atomic mass is 9.38. The molecular weight excluding hydrogens is 488 g/mol. The molecule has 7 aliphatic rings. The van der Waals surface area contributed by atoms with Crippen molar-refractivity contribution >= 4 is 5.91 Å². The highest BCUT2D eigenvalue weighted by atomic mass is 16.5. The Labute approximate surface area is 230 Å². The van der Waals surface area contributed by atoms with E-state index >= 15 is 0 Å². The first kappa shape index (κ1) is 24.0. The van der Waals surface area contributed by atoms with Crippen LogP contribution in [-0.4, -0.2) is 57.9 Å². The van der Waals surface area contributed by atoms with E-state index in [-0.39, 0.29) is 22.5 Å². The van der Waals surface area contributed by atoms with Gasteiger partial charge in [-0.3, -0.25) is 9.69 Å². The van der Waals surface area contributed by atoms with Gasteiger partial charge in [0.05, 0.1) is 11.5 Å². The van der Waals surface area contributed by atoms with Gasteiger partial charge in [-0.05, 0) is 81.0 Å². The predicted molar refractivity (Wildman–Crippen MR) is 148 cm³/mol. The molecule has 2 spiro atoms. The number of carbonyl (C=O) groups is 1. The summed E-state index contributed by atoms with van der Waals surface area (Å²) < 4.78 is 6.61. The molecule has 3 fully saturated rings. The number of ether oxygens (including phenoxy) is 1. The van der Waals surface area contributed by atoms with Gasteiger partial charge in [0, 0.05) is 30.0 Å². The number of aromatic hydroxyl groups is 1. The van der Waals surface area contributed by atoms with Crippen molar-refractivity contribution in [1.82, 2.24) is 10.2 Å². The minimum atomic E-state index is -1.31. The van der Waals surface area contributed by atoms with Crippen molar-refractivity contribution in [3.8, 4) is 11.5 Å². The molecular formula is C33H38N2O4.